The highest BCUT2D eigenvalue weighted by atomic mass is 79.9. The minimum Gasteiger partial charge on any atom is -0.390 e. The summed E-state index contributed by atoms with van der Waals surface area (Å²) < 4.78 is 13.8. The molecule has 1 nitrogen and oxygen atoms in total. The van der Waals surface area contributed by atoms with Crippen molar-refractivity contribution in [1.82, 2.24) is 0 Å². The van der Waals surface area contributed by atoms with Crippen LogP contribution in [0.4, 0.5) is 4.39 Å². The average molecular weight is 357 g/mol. The Hall–Kier alpha value is -0.410. The lowest BCUT2D eigenvalue weighted by Gasteiger charge is -2.31. The van der Waals surface area contributed by atoms with Crippen LogP contribution in [0.1, 0.15) is 58.4 Å². The second-order valence-electron chi connectivity index (χ2n) is 7.64. The molecule has 0 amide bonds. The molecule has 21 heavy (non-hydrogen) atoms. The Morgan fingerprint density at radius 2 is 2.00 bits per heavy atom. The minimum atomic E-state index is -0.642. The van der Waals surface area contributed by atoms with Gasteiger partial charge >= 0.3 is 0 Å². The van der Waals surface area contributed by atoms with Crippen molar-refractivity contribution < 1.29 is 9.50 Å². The first-order valence-electron chi connectivity index (χ1n) is 7.86. The van der Waals surface area contributed by atoms with E-state index in [9.17, 15) is 9.50 Å². The van der Waals surface area contributed by atoms with E-state index in [0.717, 1.165) is 31.2 Å². The van der Waals surface area contributed by atoms with Crippen LogP contribution in [0.3, 0.4) is 0 Å². The second-order valence-corrected chi connectivity index (χ2v) is 8.50. The molecule has 0 spiro atoms. The van der Waals surface area contributed by atoms with Crippen LogP contribution >= 0.6 is 15.9 Å². The van der Waals surface area contributed by atoms with E-state index in [1.165, 1.54) is 12.5 Å². The van der Waals surface area contributed by atoms with Crippen LogP contribution in [0.2, 0.25) is 0 Å². The van der Waals surface area contributed by atoms with Gasteiger partial charge in [0.05, 0.1) is 10.1 Å². The van der Waals surface area contributed by atoms with Crippen molar-refractivity contribution in [2.45, 2.75) is 64.9 Å². The lowest BCUT2D eigenvalue weighted by atomic mass is 9.76. The average Bonchev–Trinajstić information content (AvgIpc) is 2.55. The van der Waals surface area contributed by atoms with Crippen molar-refractivity contribution in [2.75, 3.05) is 0 Å². The number of rotatable bonds is 2. The molecule has 0 bridgehead atoms. The number of halogens is 2. The second kappa shape index (κ2) is 6.37. The van der Waals surface area contributed by atoms with Crippen LogP contribution in [-0.2, 0) is 6.42 Å². The van der Waals surface area contributed by atoms with E-state index in [1.54, 1.807) is 12.1 Å². The summed E-state index contributed by atoms with van der Waals surface area (Å²) in [5.74, 6) is 0.422. The summed E-state index contributed by atoms with van der Waals surface area (Å²) in [5, 5.41) is 10.9. The molecule has 1 aliphatic rings. The van der Waals surface area contributed by atoms with Gasteiger partial charge in [0.15, 0.2) is 0 Å². The Kier molecular flexibility index (Phi) is 5.15. The normalized spacial score (nSPS) is 27.4. The third-order valence-electron chi connectivity index (χ3n) is 4.89. The molecule has 2 rings (SSSR count). The molecule has 1 aromatic carbocycles. The number of hydrogen-bond donors (Lipinski definition) is 1. The molecule has 0 radical (unpaired) electrons. The molecule has 1 N–H and O–H groups in total. The van der Waals surface area contributed by atoms with Gasteiger partial charge in [-0.3, -0.25) is 0 Å². The molecule has 0 aliphatic heterocycles. The first kappa shape index (κ1) is 17.0. The Labute approximate surface area is 136 Å². The summed E-state index contributed by atoms with van der Waals surface area (Å²) in [6.45, 7) is 6.87. The van der Waals surface area contributed by atoms with E-state index in [-0.39, 0.29) is 5.82 Å². The largest absolute Gasteiger partial charge is 0.390 e. The van der Waals surface area contributed by atoms with Crippen LogP contribution in [0, 0.1) is 17.2 Å². The maximum absolute atomic E-state index is 13.3. The fourth-order valence-corrected chi connectivity index (χ4v) is 3.89. The fraction of sp³-hybridized carbons (Fsp3) is 0.667. The van der Waals surface area contributed by atoms with E-state index < -0.39 is 5.60 Å². The van der Waals surface area contributed by atoms with Gasteiger partial charge in [0.2, 0.25) is 0 Å². The fourth-order valence-electron chi connectivity index (χ4n) is 3.46. The van der Waals surface area contributed by atoms with Gasteiger partial charge in [0.25, 0.3) is 0 Å². The smallest absolute Gasteiger partial charge is 0.137 e. The third-order valence-corrected chi connectivity index (χ3v) is 5.50. The molecule has 0 heterocycles. The van der Waals surface area contributed by atoms with E-state index in [1.807, 2.05) is 0 Å². The lowest BCUT2D eigenvalue weighted by Crippen LogP contribution is -2.31. The van der Waals surface area contributed by atoms with Gasteiger partial charge in [-0.25, -0.2) is 4.39 Å². The standard InChI is InChI=1S/C18H26BrFO/c1-17(2,3)14-5-4-9-18(21,10-8-14)12-13-6-7-16(20)15(19)11-13/h6-7,11,14,21H,4-5,8-10,12H2,1-3H3. The van der Waals surface area contributed by atoms with Crippen molar-refractivity contribution in [3.63, 3.8) is 0 Å². The van der Waals surface area contributed by atoms with Gasteiger partial charge in [0.1, 0.15) is 5.82 Å². The quantitative estimate of drug-likeness (QED) is 0.694. The highest BCUT2D eigenvalue weighted by molar-refractivity contribution is 9.10. The van der Waals surface area contributed by atoms with Crippen molar-refractivity contribution >= 4 is 15.9 Å². The Morgan fingerprint density at radius 3 is 2.62 bits per heavy atom. The van der Waals surface area contributed by atoms with Gasteiger partial charge in [-0.15, -0.1) is 0 Å². The predicted molar refractivity (Wildman–Crippen MR) is 88.8 cm³/mol. The molecule has 1 aliphatic carbocycles. The van der Waals surface area contributed by atoms with Crippen LogP contribution in [-0.4, -0.2) is 10.7 Å². The first-order valence-corrected chi connectivity index (χ1v) is 8.65. The highest BCUT2D eigenvalue weighted by Gasteiger charge is 2.34. The Morgan fingerprint density at radius 1 is 1.29 bits per heavy atom. The SMILES string of the molecule is CC(C)(C)C1CCCC(O)(Cc2ccc(F)c(Br)c2)CC1. The molecule has 0 aromatic heterocycles. The summed E-state index contributed by atoms with van der Waals surface area (Å²) in [7, 11) is 0. The van der Waals surface area contributed by atoms with Crippen molar-refractivity contribution in [3.8, 4) is 0 Å². The van der Waals surface area contributed by atoms with Crippen molar-refractivity contribution in [1.29, 1.82) is 0 Å². The zero-order valence-electron chi connectivity index (χ0n) is 13.3. The molecule has 2 unspecified atom stereocenters. The van der Waals surface area contributed by atoms with E-state index in [4.69, 9.17) is 0 Å². The summed E-state index contributed by atoms with van der Waals surface area (Å²) in [6, 6.07) is 5.04. The molecular formula is C18H26BrFO. The van der Waals surface area contributed by atoms with Crippen molar-refractivity contribution in [2.24, 2.45) is 11.3 Å². The zero-order valence-corrected chi connectivity index (χ0v) is 14.8. The number of aliphatic hydroxyl groups is 1. The lowest BCUT2D eigenvalue weighted by molar-refractivity contribution is 0.0225. The summed E-state index contributed by atoms with van der Waals surface area (Å²) in [4.78, 5) is 0. The van der Waals surface area contributed by atoms with E-state index in [2.05, 4.69) is 36.7 Å². The van der Waals surface area contributed by atoms with Gasteiger partial charge in [0, 0.05) is 6.42 Å². The summed E-state index contributed by atoms with van der Waals surface area (Å²) in [5.41, 5.74) is 0.668. The topological polar surface area (TPSA) is 20.2 Å². The highest BCUT2D eigenvalue weighted by Crippen LogP contribution is 2.40. The first-order chi connectivity index (χ1) is 9.70. The van der Waals surface area contributed by atoms with Crippen LogP contribution in [0.25, 0.3) is 0 Å². The molecule has 3 heteroatoms. The molecule has 118 valence electrons. The van der Waals surface area contributed by atoms with Crippen molar-refractivity contribution in [3.05, 3.63) is 34.1 Å². The maximum atomic E-state index is 13.3. The third kappa shape index (κ3) is 4.53. The van der Waals surface area contributed by atoms with Crippen LogP contribution in [0.15, 0.2) is 22.7 Å². The molecule has 1 fully saturated rings. The van der Waals surface area contributed by atoms with Gasteiger partial charge in [-0.2, -0.15) is 0 Å². The van der Waals surface area contributed by atoms with E-state index in [0.29, 0.717) is 22.2 Å². The predicted octanol–water partition coefficient (Wildman–Crippen LogP) is 5.49. The Bertz CT molecular complexity index is 494. The zero-order chi connectivity index (χ0) is 15.7. The van der Waals surface area contributed by atoms with Gasteiger partial charge < -0.3 is 5.11 Å². The monoisotopic (exact) mass is 356 g/mol. The minimum absolute atomic E-state index is 0.251. The Balaban J connectivity index is 2.06. The van der Waals surface area contributed by atoms with Crippen LogP contribution in [0.5, 0.6) is 0 Å². The van der Waals surface area contributed by atoms with Gasteiger partial charge in [-0.1, -0.05) is 33.3 Å². The molecule has 1 aromatic rings. The van der Waals surface area contributed by atoms with Gasteiger partial charge in [-0.05, 0) is 70.6 Å². The van der Waals surface area contributed by atoms with Crippen LogP contribution < -0.4 is 0 Å². The molecule has 2 atom stereocenters. The maximum Gasteiger partial charge on any atom is 0.137 e. The number of benzene rings is 1. The number of hydrogen-bond acceptors (Lipinski definition) is 1. The molecule has 1 saturated carbocycles. The molecule has 0 saturated heterocycles. The summed E-state index contributed by atoms with van der Waals surface area (Å²) in [6.07, 6.45) is 5.63. The molecular weight excluding hydrogens is 331 g/mol. The summed E-state index contributed by atoms with van der Waals surface area (Å²) >= 11 is 3.22. The van der Waals surface area contributed by atoms with E-state index >= 15 is 0 Å².